The van der Waals surface area contributed by atoms with Crippen LogP contribution in [-0.2, 0) is 10.0 Å². The van der Waals surface area contributed by atoms with Crippen molar-refractivity contribution < 1.29 is 8.42 Å². The summed E-state index contributed by atoms with van der Waals surface area (Å²) in [6.45, 7) is 5.57. The van der Waals surface area contributed by atoms with Gasteiger partial charge in [0.25, 0.3) is 0 Å². The van der Waals surface area contributed by atoms with Crippen LogP contribution < -0.4 is 5.73 Å². The monoisotopic (exact) mass is 328 g/mol. The third-order valence-electron chi connectivity index (χ3n) is 3.70. The topological polar surface area (TPSA) is 63.4 Å². The molecule has 2 atom stereocenters. The number of nitrogens with two attached hydrogens (primary N) is 1. The van der Waals surface area contributed by atoms with E-state index in [9.17, 15) is 8.42 Å². The Morgan fingerprint density at radius 1 is 1.29 bits per heavy atom. The average Bonchev–Trinajstić information content (AvgIpc) is 2.37. The van der Waals surface area contributed by atoms with Crippen LogP contribution in [0.5, 0.6) is 0 Å². The summed E-state index contributed by atoms with van der Waals surface area (Å²) in [4.78, 5) is 1.02. The first-order valence-electron chi connectivity index (χ1n) is 7.33. The third kappa shape index (κ3) is 4.90. The summed E-state index contributed by atoms with van der Waals surface area (Å²) in [5, 5.41) is 0. The Bertz CT molecular complexity index is 565. The van der Waals surface area contributed by atoms with Crippen molar-refractivity contribution in [1.82, 2.24) is 4.31 Å². The van der Waals surface area contributed by atoms with Crippen molar-refractivity contribution in [3.8, 4) is 0 Å². The molecule has 2 rings (SSSR count). The Morgan fingerprint density at radius 2 is 1.95 bits per heavy atom. The molecule has 1 aromatic rings. The molecular weight excluding hydrogens is 304 g/mol. The number of rotatable bonds is 5. The maximum Gasteiger partial charge on any atom is 0.214 e. The van der Waals surface area contributed by atoms with E-state index in [0.29, 0.717) is 36.4 Å². The first-order chi connectivity index (χ1) is 9.87. The summed E-state index contributed by atoms with van der Waals surface area (Å²) in [6.07, 6.45) is 1.12. The number of nitrogen functional groups attached to an aromatic ring is 1. The lowest BCUT2D eigenvalue weighted by Crippen LogP contribution is -2.43. The van der Waals surface area contributed by atoms with Crippen LogP contribution in [0.15, 0.2) is 29.2 Å². The molecule has 1 heterocycles. The first-order valence-corrected chi connectivity index (χ1v) is 9.92. The number of piperidine rings is 1. The summed E-state index contributed by atoms with van der Waals surface area (Å²) in [5.74, 6) is 1.65. The Labute approximate surface area is 132 Å². The average molecular weight is 329 g/mol. The van der Waals surface area contributed by atoms with Gasteiger partial charge in [-0.05, 0) is 36.5 Å². The molecule has 2 unspecified atom stereocenters. The third-order valence-corrected chi connectivity index (χ3v) is 6.76. The van der Waals surface area contributed by atoms with E-state index in [0.717, 1.165) is 11.3 Å². The zero-order valence-corrected chi connectivity index (χ0v) is 14.3. The van der Waals surface area contributed by atoms with Gasteiger partial charge in [-0.25, -0.2) is 12.7 Å². The van der Waals surface area contributed by atoms with Gasteiger partial charge in [0.1, 0.15) is 0 Å². The molecule has 0 radical (unpaired) electrons. The Kier molecular flexibility index (Phi) is 5.57. The molecule has 1 aromatic carbocycles. The van der Waals surface area contributed by atoms with Crippen molar-refractivity contribution >= 4 is 27.5 Å². The summed E-state index contributed by atoms with van der Waals surface area (Å²) in [6, 6.07) is 7.55. The number of benzene rings is 1. The maximum absolute atomic E-state index is 12.4. The number of hydrogen-bond acceptors (Lipinski definition) is 4. The standard InChI is InChI=1S/C15H24N2O2S2/c1-12-8-13(2)11-17(10-12)21(18,19)7-6-20-15-5-3-4-14(16)9-15/h3-5,9,12-13H,6-8,10-11,16H2,1-2H3. The molecule has 118 valence electrons. The second-order valence-corrected chi connectivity index (χ2v) is 9.26. The normalized spacial score (nSPS) is 24.1. The predicted molar refractivity (Wildman–Crippen MR) is 89.9 cm³/mol. The second-order valence-electron chi connectivity index (χ2n) is 6.00. The molecule has 0 aromatic heterocycles. The van der Waals surface area contributed by atoms with E-state index in [1.807, 2.05) is 24.3 Å². The molecule has 0 aliphatic carbocycles. The van der Waals surface area contributed by atoms with E-state index in [2.05, 4.69) is 13.8 Å². The Hall–Kier alpha value is -0.720. The largest absolute Gasteiger partial charge is 0.399 e. The number of thioether (sulfide) groups is 1. The quantitative estimate of drug-likeness (QED) is 0.667. The van der Waals surface area contributed by atoms with Crippen LogP contribution in [0.2, 0.25) is 0 Å². The van der Waals surface area contributed by atoms with Gasteiger partial charge in [0.2, 0.25) is 10.0 Å². The SMILES string of the molecule is CC1CC(C)CN(S(=O)(=O)CCSc2cccc(N)c2)C1. The van der Waals surface area contributed by atoms with Crippen LogP contribution in [0.25, 0.3) is 0 Å². The highest BCUT2D eigenvalue weighted by atomic mass is 32.2. The van der Waals surface area contributed by atoms with Gasteiger partial charge in [-0.3, -0.25) is 0 Å². The molecule has 2 N–H and O–H groups in total. The lowest BCUT2D eigenvalue weighted by atomic mass is 9.94. The van der Waals surface area contributed by atoms with E-state index >= 15 is 0 Å². The summed E-state index contributed by atoms with van der Waals surface area (Å²) < 4.78 is 26.5. The number of hydrogen-bond donors (Lipinski definition) is 1. The van der Waals surface area contributed by atoms with E-state index in [4.69, 9.17) is 5.73 Å². The summed E-state index contributed by atoms with van der Waals surface area (Å²) in [5.41, 5.74) is 6.43. The summed E-state index contributed by atoms with van der Waals surface area (Å²) >= 11 is 1.54. The molecule has 1 aliphatic rings. The highest BCUT2D eigenvalue weighted by Gasteiger charge is 2.29. The van der Waals surface area contributed by atoms with Crippen molar-refractivity contribution in [2.24, 2.45) is 11.8 Å². The van der Waals surface area contributed by atoms with Gasteiger partial charge in [-0.2, -0.15) is 0 Å². The van der Waals surface area contributed by atoms with Crippen LogP contribution in [0.4, 0.5) is 5.69 Å². The van der Waals surface area contributed by atoms with Crippen molar-refractivity contribution in [3.63, 3.8) is 0 Å². The van der Waals surface area contributed by atoms with Crippen LogP contribution in [0.1, 0.15) is 20.3 Å². The lowest BCUT2D eigenvalue weighted by Gasteiger charge is -2.34. The first kappa shape index (κ1) is 16.6. The Morgan fingerprint density at radius 3 is 2.57 bits per heavy atom. The van der Waals surface area contributed by atoms with Gasteiger partial charge < -0.3 is 5.73 Å². The molecule has 0 spiro atoms. The summed E-state index contributed by atoms with van der Waals surface area (Å²) in [7, 11) is -3.15. The highest BCUT2D eigenvalue weighted by molar-refractivity contribution is 8.00. The van der Waals surface area contributed by atoms with Crippen molar-refractivity contribution in [2.75, 3.05) is 30.3 Å². The molecule has 0 amide bonds. The van der Waals surface area contributed by atoms with Gasteiger partial charge in [-0.15, -0.1) is 11.8 Å². The predicted octanol–water partition coefficient (Wildman–Crippen LogP) is 2.67. The molecule has 1 fully saturated rings. The molecule has 0 bridgehead atoms. The van der Waals surface area contributed by atoms with Crippen molar-refractivity contribution in [1.29, 1.82) is 0 Å². The van der Waals surface area contributed by atoms with Gasteiger partial charge in [0.15, 0.2) is 0 Å². The molecule has 4 nitrogen and oxygen atoms in total. The number of anilines is 1. The fourth-order valence-corrected chi connectivity index (χ4v) is 5.86. The van der Waals surface area contributed by atoms with E-state index in [-0.39, 0.29) is 5.75 Å². The molecule has 21 heavy (non-hydrogen) atoms. The number of nitrogens with zero attached hydrogens (tertiary/aromatic N) is 1. The zero-order chi connectivity index (χ0) is 15.5. The minimum absolute atomic E-state index is 0.186. The van der Waals surface area contributed by atoms with Gasteiger partial charge >= 0.3 is 0 Å². The molecule has 0 saturated carbocycles. The van der Waals surface area contributed by atoms with Crippen LogP contribution in [0.3, 0.4) is 0 Å². The highest BCUT2D eigenvalue weighted by Crippen LogP contribution is 2.25. The fourth-order valence-electron chi connectivity index (χ4n) is 2.83. The second kappa shape index (κ2) is 7.03. The van der Waals surface area contributed by atoms with Gasteiger partial charge in [0, 0.05) is 29.4 Å². The molecule has 6 heteroatoms. The fraction of sp³-hybridized carbons (Fsp3) is 0.600. The maximum atomic E-state index is 12.4. The van der Waals surface area contributed by atoms with Gasteiger partial charge in [-0.1, -0.05) is 19.9 Å². The van der Waals surface area contributed by atoms with Crippen molar-refractivity contribution in [2.45, 2.75) is 25.2 Å². The van der Waals surface area contributed by atoms with Crippen LogP contribution in [-0.4, -0.2) is 37.3 Å². The molecule has 1 saturated heterocycles. The number of sulfonamides is 1. The zero-order valence-electron chi connectivity index (χ0n) is 12.7. The minimum atomic E-state index is -3.15. The molecular formula is C15H24N2O2S2. The Balaban J connectivity index is 1.89. The van der Waals surface area contributed by atoms with E-state index in [1.165, 1.54) is 0 Å². The lowest BCUT2D eigenvalue weighted by molar-refractivity contribution is 0.223. The minimum Gasteiger partial charge on any atom is -0.399 e. The van der Waals surface area contributed by atoms with Crippen LogP contribution >= 0.6 is 11.8 Å². The van der Waals surface area contributed by atoms with Crippen LogP contribution in [0, 0.1) is 11.8 Å². The van der Waals surface area contributed by atoms with E-state index < -0.39 is 10.0 Å². The van der Waals surface area contributed by atoms with Crippen molar-refractivity contribution in [3.05, 3.63) is 24.3 Å². The van der Waals surface area contributed by atoms with Gasteiger partial charge in [0.05, 0.1) is 5.75 Å². The van der Waals surface area contributed by atoms with E-state index in [1.54, 1.807) is 16.1 Å². The molecule has 1 aliphatic heterocycles. The smallest absolute Gasteiger partial charge is 0.214 e.